The summed E-state index contributed by atoms with van der Waals surface area (Å²) < 4.78 is 5.79. The van der Waals surface area contributed by atoms with Gasteiger partial charge in [-0.1, -0.05) is 30.2 Å². The Balaban J connectivity index is 1.59. The van der Waals surface area contributed by atoms with Crippen molar-refractivity contribution in [3.8, 4) is 0 Å². The molecule has 1 N–H and O–H groups in total. The maximum Gasteiger partial charge on any atom is 0.287 e. The van der Waals surface area contributed by atoms with E-state index in [0.29, 0.717) is 17.3 Å². The first-order chi connectivity index (χ1) is 11.6. The zero-order valence-electron chi connectivity index (χ0n) is 13.9. The van der Waals surface area contributed by atoms with Crippen molar-refractivity contribution >= 4 is 17.5 Å². The molecule has 1 saturated heterocycles. The van der Waals surface area contributed by atoms with Gasteiger partial charge in [-0.3, -0.25) is 9.69 Å². The monoisotopic (exact) mass is 346 g/mol. The number of amides is 1. The number of hydrogen-bond donors (Lipinski definition) is 1. The van der Waals surface area contributed by atoms with Crippen LogP contribution < -0.4 is 5.32 Å². The van der Waals surface area contributed by atoms with E-state index >= 15 is 0 Å². The van der Waals surface area contributed by atoms with E-state index in [1.165, 1.54) is 19.3 Å². The van der Waals surface area contributed by atoms with Gasteiger partial charge in [0.2, 0.25) is 0 Å². The predicted molar refractivity (Wildman–Crippen MR) is 95.2 cm³/mol. The Hall–Kier alpha value is -1.78. The zero-order valence-corrected chi connectivity index (χ0v) is 14.7. The lowest BCUT2D eigenvalue weighted by Gasteiger charge is -2.31. The molecule has 3 rings (SSSR count). The molecule has 128 valence electrons. The third-order valence-electron chi connectivity index (χ3n) is 4.54. The second-order valence-corrected chi connectivity index (χ2v) is 6.72. The number of halogens is 1. The molecule has 24 heavy (non-hydrogen) atoms. The number of piperidine rings is 1. The SMILES string of the molecule is C[C@@H](c1ccc(C(=O)NCc2cccc(Cl)c2)o1)N1CCCCC1. The third kappa shape index (κ3) is 4.19. The van der Waals surface area contributed by atoms with E-state index in [1.807, 2.05) is 30.3 Å². The van der Waals surface area contributed by atoms with Crippen molar-refractivity contribution < 1.29 is 9.21 Å². The summed E-state index contributed by atoms with van der Waals surface area (Å²) in [5, 5.41) is 3.53. The highest BCUT2D eigenvalue weighted by molar-refractivity contribution is 6.30. The third-order valence-corrected chi connectivity index (χ3v) is 4.78. The highest BCUT2D eigenvalue weighted by atomic mass is 35.5. The van der Waals surface area contributed by atoms with Crippen LogP contribution in [-0.4, -0.2) is 23.9 Å². The molecule has 2 aromatic rings. The quantitative estimate of drug-likeness (QED) is 0.872. The summed E-state index contributed by atoms with van der Waals surface area (Å²) in [4.78, 5) is 14.7. The second-order valence-electron chi connectivity index (χ2n) is 6.29. The maximum absolute atomic E-state index is 12.3. The van der Waals surface area contributed by atoms with Crippen LogP contribution in [0.25, 0.3) is 0 Å². The van der Waals surface area contributed by atoms with E-state index in [9.17, 15) is 4.79 Å². The van der Waals surface area contributed by atoms with Crippen molar-refractivity contribution in [2.45, 2.75) is 38.8 Å². The van der Waals surface area contributed by atoms with Gasteiger partial charge in [0.25, 0.3) is 5.91 Å². The average Bonchev–Trinajstić information content (AvgIpc) is 3.10. The van der Waals surface area contributed by atoms with Gasteiger partial charge in [0.15, 0.2) is 5.76 Å². The summed E-state index contributed by atoms with van der Waals surface area (Å²) in [6.45, 7) is 4.76. The van der Waals surface area contributed by atoms with Crippen molar-refractivity contribution in [3.05, 3.63) is 58.5 Å². The number of likely N-dealkylation sites (tertiary alicyclic amines) is 1. The van der Waals surface area contributed by atoms with Crippen LogP contribution >= 0.6 is 11.6 Å². The van der Waals surface area contributed by atoms with Gasteiger partial charge < -0.3 is 9.73 Å². The lowest BCUT2D eigenvalue weighted by molar-refractivity contribution is 0.0914. The number of benzene rings is 1. The van der Waals surface area contributed by atoms with Crippen LogP contribution in [0, 0.1) is 0 Å². The molecule has 4 nitrogen and oxygen atoms in total. The summed E-state index contributed by atoms with van der Waals surface area (Å²) in [6.07, 6.45) is 3.77. The van der Waals surface area contributed by atoms with E-state index in [-0.39, 0.29) is 11.9 Å². The van der Waals surface area contributed by atoms with Crippen LogP contribution in [0.4, 0.5) is 0 Å². The zero-order chi connectivity index (χ0) is 16.9. The Bertz CT molecular complexity index is 692. The molecule has 1 amide bonds. The summed E-state index contributed by atoms with van der Waals surface area (Å²) in [6, 6.07) is 11.3. The molecule has 1 aliphatic heterocycles. The molecule has 0 spiro atoms. The smallest absolute Gasteiger partial charge is 0.287 e. The molecule has 1 aromatic heterocycles. The standard InChI is InChI=1S/C19H23ClN2O2/c1-14(22-10-3-2-4-11-22)17-8-9-18(24-17)19(23)21-13-15-6-5-7-16(20)12-15/h5-9,12,14H,2-4,10-11,13H2,1H3,(H,21,23)/t14-/m0/s1. The largest absolute Gasteiger partial charge is 0.454 e. The van der Waals surface area contributed by atoms with Gasteiger partial charge >= 0.3 is 0 Å². The average molecular weight is 347 g/mol. The topological polar surface area (TPSA) is 45.5 Å². The molecule has 0 unspecified atom stereocenters. The fourth-order valence-electron chi connectivity index (χ4n) is 3.10. The molecular formula is C19H23ClN2O2. The Kier molecular flexibility index (Phi) is 5.59. The lowest BCUT2D eigenvalue weighted by atomic mass is 10.1. The number of nitrogens with one attached hydrogen (secondary N) is 1. The van der Waals surface area contributed by atoms with Gasteiger partial charge in [0.1, 0.15) is 5.76 Å². The first-order valence-corrected chi connectivity index (χ1v) is 8.88. The van der Waals surface area contributed by atoms with Gasteiger partial charge in [0, 0.05) is 11.6 Å². The van der Waals surface area contributed by atoms with Gasteiger partial charge in [-0.2, -0.15) is 0 Å². The fourth-order valence-corrected chi connectivity index (χ4v) is 3.31. The number of carbonyl (C=O) groups excluding carboxylic acids is 1. The molecule has 1 aliphatic rings. The molecule has 1 fully saturated rings. The molecular weight excluding hydrogens is 324 g/mol. The molecule has 0 aliphatic carbocycles. The van der Waals surface area contributed by atoms with Crippen LogP contribution in [-0.2, 0) is 6.54 Å². The van der Waals surface area contributed by atoms with Gasteiger partial charge in [-0.25, -0.2) is 0 Å². The molecule has 1 atom stereocenters. The first-order valence-electron chi connectivity index (χ1n) is 8.50. The van der Waals surface area contributed by atoms with Gasteiger partial charge in [0.05, 0.1) is 6.04 Å². The highest BCUT2D eigenvalue weighted by Gasteiger charge is 2.22. The number of furan rings is 1. The molecule has 5 heteroatoms. The van der Waals surface area contributed by atoms with Crippen molar-refractivity contribution in [3.63, 3.8) is 0 Å². The van der Waals surface area contributed by atoms with E-state index in [0.717, 1.165) is 24.4 Å². The lowest BCUT2D eigenvalue weighted by Crippen LogP contribution is -2.32. The van der Waals surface area contributed by atoms with Crippen molar-refractivity contribution in [2.75, 3.05) is 13.1 Å². The summed E-state index contributed by atoms with van der Waals surface area (Å²) >= 11 is 5.95. The Labute approximate surface area is 147 Å². The molecule has 0 saturated carbocycles. The van der Waals surface area contributed by atoms with Crippen LogP contribution in [0.15, 0.2) is 40.8 Å². The number of nitrogens with zero attached hydrogens (tertiary/aromatic N) is 1. The highest BCUT2D eigenvalue weighted by Crippen LogP contribution is 2.25. The van der Waals surface area contributed by atoms with Crippen LogP contribution in [0.2, 0.25) is 5.02 Å². The molecule has 0 radical (unpaired) electrons. The van der Waals surface area contributed by atoms with E-state index in [4.69, 9.17) is 16.0 Å². The summed E-state index contributed by atoms with van der Waals surface area (Å²) in [5.41, 5.74) is 0.962. The second kappa shape index (κ2) is 7.86. The summed E-state index contributed by atoms with van der Waals surface area (Å²) in [7, 11) is 0. The Morgan fingerprint density at radius 1 is 1.25 bits per heavy atom. The van der Waals surface area contributed by atoms with Crippen LogP contribution in [0.1, 0.15) is 54.1 Å². The Morgan fingerprint density at radius 3 is 2.79 bits per heavy atom. The number of rotatable bonds is 5. The minimum atomic E-state index is -0.202. The van der Waals surface area contributed by atoms with Gasteiger partial charge in [-0.15, -0.1) is 0 Å². The van der Waals surface area contributed by atoms with Crippen molar-refractivity contribution in [1.29, 1.82) is 0 Å². The molecule has 0 bridgehead atoms. The van der Waals surface area contributed by atoms with Crippen molar-refractivity contribution in [1.82, 2.24) is 10.2 Å². The van der Waals surface area contributed by atoms with Gasteiger partial charge in [-0.05, 0) is 62.7 Å². The predicted octanol–water partition coefficient (Wildman–Crippen LogP) is 4.41. The Morgan fingerprint density at radius 2 is 2.04 bits per heavy atom. The minimum Gasteiger partial charge on any atom is -0.454 e. The van der Waals surface area contributed by atoms with E-state index in [1.54, 1.807) is 6.07 Å². The first kappa shape index (κ1) is 17.1. The normalized spacial score (nSPS) is 16.8. The maximum atomic E-state index is 12.3. The van der Waals surface area contributed by atoms with E-state index in [2.05, 4.69) is 17.1 Å². The number of hydrogen-bond acceptors (Lipinski definition) is 3. The molecule has 2 heterocycles. The van der Waals surface area contributed by atoms with Crippen LogP contribution in [0.3, 0.4) is 0 Å². The minimum absolute atomic E-state index is 0.202. The molecule has 1 aromatic carbocycles. The number of carbonyl (C=O) groups is 1. The van der Waals surface area contributed by atoms with Crippen molar-refractivity contribution in [2.24, 2.45) is 0 Å². The fraction of sp³-hybridized carbons (Fsp3) is 0.421. The van der Waals surface area contributed by atoms with E-state index < -0.39 is 0 Å². The summed E-state index contributed by atoms with van der Waals surface area (Å²) in [5.74, 6) is 1.01. The van der Waals surface area contributed by atoms with Crippen LogP contribution in [0.5, 0.6) is 0 Å².